The Hall–Kier alpha value is -2.77. The van der Waals surface area contributed by atoms with E-state index in [9.17, 15) is 9.59 Å². The summed E-state index contributed by atoms with van der Waals surface area (Å²) in [6, 6.07) is 5.34. The van der Waals surface area contributed by atoms with E-state index in [1.165, 1.54) is 7.11 Å². The maximum Gasteiger partial charge on any atom is 0.425 e. The predicted molar refractivity (Wildman–Crippen MR) is 83.3 cm³/mol. The minimum absolute atomic E-state index is 0.0856. The maximum absolute atomic E-state index is 12.0. The number of nitrogens with zero attached hydrogens (tertiary/aromatic N) is 1. The van der Waals surface area contributed by atoms with Crippen LogP contribution in [0.3, 0.4) is 0 Å². The topological polar surface area (TPSA) is 108 Å². The molecule has 4 N–H and O–H groups in total. The molecule has 0 fully saturated rings. The molecular weight excluding hydrogens is 286 g/mol. The molecule has 8 nitrogen and oxygen atoms in total. The molecular formula is C14H19N5O3. The average Bonchev–Trinajstić information content (AvgIpc) is 2.86. The standard InChI is InChI=1S/C14H19N5O3/c1-14(2,3)12(20)15-8-5-6-10-9(7-8)11(17-16-10)18-19-13(21)22-4/h5-7H,1-4H3,(H,15,20)(H,19,21)(H2,16,17,18). The monoisotopic (exact) mass is 305 g/mol. The number of H-pyrrole nitrogens is 1. The molecule has 1 heterocycles. The van der Waals surface area contributed by atoms with Crippen molar-refractivity contribution < 1.29 is 14.3 Å². The zero-order valence-electron chi connectivity index (χ0n) is 12.9. The SMILES string of the molecule is COC(=O)NNc1n[nH]c2ccc(NC(=O)C(C)(C)C)cc12. The largest absolute Gasteiger partial charge is 0.452 e. The fourth-order valence-corrected chi connectivity index (χ4v) is 1.67. The average molecular weight is 305 g/mol. The maximum atomic E-state index is 12.0. The van der Waals surface area contributed by atoms with Gasteiger partial charge in [-0.3, -0.25) is 15.3 Å². The first-order valence-electron chi connectivity index (χ1n) is 6.71. The van der Waals surface area contributed by atoms with Crippen molar-refractivity contribution in [1.29, 1.82) is 0 Å². The van der Waals surface area contributed by atoms with Crippen LogP contribution in [0.4, 0.5) is 16.3 Å². The third-order valence-corrected chi connectivity index (χ3v) is 2.97. The number of hydrogen-bond donors (Lipinski definition) is 4. The Morgan fingerprint density at radius 2 is 2.00 bits per heavy atom. The van der Waals surface area contributed by atoms with E-state index in [1.54, 1.807) is 18.2 Å². The van der Waals surface area contributed by atoms with Crippen LogP contribution in [0, 0.1) is 5.41 Å². The molecule has 1 aromatic carbocycles. The minimum atomic E-state index is -0.631. The molecule has 0 aliphatic carbocycles. The first-order chi connectivity index (χ1) is 10.3. The zero-order chi connectivity index (χ0) is 16.3. The van der Waals surface area contributed by atoms with Gasteiger partial charge in [-0.05, 0) is 18.2 Å². The molecule has 0 aliphatic rings. The number of rotatable bonds is 3. The predicted octanol–water partition coefficient (Wildman–Crippen LogP) is 2.23. The van der Waals surface area contributed by atoms with Crippen LogP contribution in [0.15, 0.2) is 18.2 Å². The Morgan fingerprint density at radius 1 is 1.27 bits per heavy atom. The molecule has 118 valence electrons. The fraction of sp³-hybridized carbons (Fsp3) is 0.357. The van der Waals surface area contributed by atoms with E-state index in [-0.39, 0.29) is 5.91 Å². The van der Waals surface area contributed by atoms with E-state index in [0.29, 0.717) is 11.5 Å². The lowest BCUT2D eigenvalue weighted by Gasteiger charge is -2.17. The lowest BCUT2D eigenvalue weighted by Crippen LogP contribution is -2.29. The van der Waals surface area contributed by atoms with Crippen molar-refractivity contribution in [2.75, 3.05) is 17.9 Å². The third-order valence-electron chi connectivity index (χ3n) is 2.97. The second-order valence-electron chi connectivity index (χ2n) is 5.78. The number of carbonyl (C=O) groups is 2. The number of hydrogen-bond acceptors (Lipinski definition) is 5. The molecule has 0 saturated heterocycles. The molecule has 0 spiro atoms. The molecule has 2 amide bonds. The van der Waals surface area contributed by atoms with Gasteiger partial charge in [-0.2, -0.15) is 5.10 Å². The van der Waals surface area contributed by atoms with Gasteiger partial charge in [0.05, 0.1) is 12.6 Å². The molecule has 1 aromatic heterocycles. The molecule has 0 saturated carbocycles. The number of aromatic nitrogens is 2. The van der Waals surface area contributed by atoms with Gasteiger partial charge in [-0.1, -0.05) is 20.8 Å². The minimum Gasteiger partial charge on any atom is -0.452 e. The van der Waals surface area contributed by atoms with E-state index in [2.05, 4.69) is 31.1 Å². The van der Waals surface area contributed by atoms with Gasteiger partial charge in [0.15, 0.2) is 5.82 Å². The van der Waals surface area contributed by atoms with E-state index in [1.807, 2.05) is 20.8 Å². The second-order valence-corrected chi connectivity index (χ2v) is 5.78. The molecule has 0 unspecified atom stereocenters. The number of carbonyl (C=O) groups excluding carboxylic acids is 2. The highest BCUT2D eigenvalue weighted by Crippen LogP contribution is 2.25. The number of methoxy groups -OCH3 is 1. The third kappa shape index (κ3) is 3.46. The van der Waals surface area contributed by atoms with Crippen LogP contribution < -0.4 is 16.2 Å². The number of benzene rings is 1. The van der Waals surface area contributed by atoms with Crippen LogP contribution in [0.1, 0.15) is 20.8 Å². The van der Waals surface area contributed by atoms with E-state index >= 15 is 0 Å². The first kappa shape index (κ1) is 15.6. The van der Waals surface area contributed by atoms with Gasteiger partial charge in [0.25, 0.3) is 0 Å². The number of nitrogens with one attached hydrogen (secondary N) is 4. The highest BCUT2D eigenvalue weighted by atomic mass is 16.5. The summed E-state index contributed by atoms with van der Waals surface area (Å²) in [4.78, 5) is 23.1. The van der Waals surface area contributed by atoms with Crippen LogP contribution in [0.25, 0.3) is 10.9 Å². The summed E-state index contributed by atoms with van der Waals surface area (Å²) in [5.41, 5.74) is 5.91. The van der Waals surface area contributed by atoms with Gasteiger partial charge in [-0.15, -0.1) is 0 Å². The molecule has 2 aromatic rings. The van der Waals surface area contributed by atoms with Crippen molar-refractivity contribution in [2.45, 2.75) is 20.8 Å². The summed E-state index contributed by atoms with van der Waals surface area (Å²) < 4.78 is 4.47. The van der Waals surface area contributed by atoms with Gasteiger partial charge >= 0.3 is 6.09 Å². The molecule has 8 heteroatoms. The number of ether oxygens (including phenoxy) is 1. The molecule has 0 aliphatic heterocycles. The lowest BCUT2D eigenvalue weighted by atomic mass is 9.95. The summed E-state index contributed by atoms with van der Waals surface area (Å²) in [5.74, 6) is 0.338. The summed E-state index contributed by atoms with van der Waals surface area (Å²) in [7, 11) is 1.26. The van der Waals surface area contributed by atoms with Crippen LogP contribution in [-0.2, 0) is 9.53 Å². The second kappa shape index (κ2) is 5.92. The Morgan fingerprint density at radius 3 is 2.64 bits per heavy atom. The lowest BCUT2D eigenvalue weighted by molar-refractivity contribution is -0.123. The van der Waals surface area contributed by atoms with Gasteiger partial charge < -0.3 is 10.1 Å². The summed E-state index contributed by atoms with van der Waals surface area (Å²) in [6.45, 7) is 5.52. The molecule has 0 radical (unpaired) electrons. The molecule has 22 heavy (non-hydrogen) atoms. The smallest absolute Gasteiger partial charge is 0.425 e. The number of amides is 2. The fourth-order valence-electron chi connectivity index (χ4n) is 1.67. The normalized spacial score (nSPS) is 11.1. The van der Waals surface area contributed by atoms with Gasteiger partial charge in [0, 0.05) is 16.5 Å². The highest BCUT2D eigenvalue weighted by Gasteiger charge is 2.21. The van der Waals surface area contributed by atoms with Crippen LogP contribution in [0.2, 0.25) is 0 Å². The number of aromatic amines is 1. The number of anilines is 2. The Balaban J connectivity index is 2.21. The Kier molecular flexibility index (Phi) is 4.20. The van der Waals surface area contributed by atoms with E-state index in [0.717, 1.165) is 10.9 Å². The Bertz CT molecular complexity index is 702. The number of fused-ring (bicyclic) bond motifs is 1. The van der Waals surface area contributed by atoms with Crippen molar-refractivity contribution in [3.8, 4) is 0 Å². The van der Waals surface area contributed by atoms with Gasteiger partial charge in [0.2, 0.25) is 5.91 Å². The molecule has 0 atom stereocenters. The van der Waals surface area contributed by atoms with Gasteiger partial charge in [-0.25, -0.2) is 10.2 Å². The Labute approximate surface area is 127 Å². The van der Waals surface area contributed by atoms with Crippen LogP contribution >= 0.6 is 0 Å². The summed E-state index contributed by atoms with van der Waals surface area (Å²) in [5, 5.41) is 10.4. The summed E-state index contributed by atoms with van der Waals surface area (Å²) >= 11 is 0. The van der Waals surface area contributed by atoms with Crippen LogP contribution in [-0.4, -0.2) is 29.3 Å². The van der Waals surface area contributed by atoms with Crippen molar-refractivity contribution in [3.63, 3.8) is 0 Å². The molecule has 0 bridgehead atoms. The summed E-state index contributed by atoms with van der Waals surface area (Å²) in [6.07, 6.45) is -0.631. The number of hydrazine groups is 1. The molecule has 2 rings (SSSR count). The van der Waals surface area contributed by atoms with Crippen molar-refractivity contribution >= 4 is 34.4 Å². The van der Waals surface area contributed by atoms with Crippen molar-refractivity contribution in [2.24, 2.45) is 5.41 Å². The first-order valence-corrected chi connectivity index (χ1v) is 6.71. The highest BCUT2D eigenvalue weighted by molar-refractivity contribution is 5.98. The van der Waals surface area contributed by atoms with Gasteiger partial charge in [0.1, 0.15) is 0 Å². The zero-order valence-corrected chi connectivity index (χ0v) is 12.9. The van der Waals surface area contributed by atoms with Crippen molar-refractivity contribution in [3.05, 3.63) is 18.2 Å². The van der Waals surface area contributed by atoms with Crippen molar-refractivity contribution in [1.82, 2.24) is 15.6 Å². The quantitative estimate of drug-likeness (QED) is 0.650. The van der Waals surface area contributed by atoms with Crippen LogP contribution in [0.5, 0.6) is 0 Å². The van der Waals surface area contributed by atoms with E-state index < -0.39 is 11.5 Å². The van der Waals surface area contributed by atoms with E-state index in [4.69, 9.17) is 0 Å².